The molecule has 124 valence electrons. The predicted octanol–water partition coefficient (Wildman–Crippen LogP) is 5.07. The van der Waals surface area contributed by atoms with E-state index in [4.69, 9.17) is 4.42 Å². The van der Waals surface area contributed by atoms with Gasteiger partial charge in [0, 0.05) is 11.8 Å². The van der Waals surface area contributed by atoms with Crippen LogP contribution < -0.4 is 5.32 Å². The number of amides is 1. The lowest BCUT2D eigenvalue weighted by Crippen LogP contribution is -2.29. The van der Waals surface area contributed by atoms with Crippen molar-refractivity contribution in [3.8, 4) is 0 Å². The number of carbonyl (C=O) groups is 1. The summed E-state index contributed by atoms with van der Waals surface area (Å²) in [6.45, 7) is 4.25. The Balaban J connectivity index is 1.89. The number of fused-ring (bicyclic) bond motifs is 1. The summed E-state index contributed by atoms with van der Waals surface area (Å²) in [5, 5.41) is 4.18. The zero-order valence-electron chi connectivity index (χ0n) is 14.2. The highest BCUT2D eigenvalue weighted by atomic mass is 16.3. The third-order valence-electron chi connectivity index (χ3n) is 4.12. The minimum absolute atomic E-state index is 0.0537. The molecular formula is C21H23NO2. The summed E-state index contributed by atoms with van der Waals surface area (Å²) in [7, 11) is 0. The molecule has 0 aliphatic heterocycles. The molecule has 0 saturated heterocycles. The van der Waals surface area contributed by atoms with Crippen molar-refractivity contribution >= 4 is 16.9 Å². The van der Waals surface area contributed by atoms with Crippen molar-refractivity contribution in [3.05, 3.63) is 72.0 Å². The molecule has 0 radical (unpaired) electrons. The first-order chi connectivity index (χ1) is 11.6. The largest absolute Gasteiger partial charge is 0.459 e. The van der Waals surface area contributed by atoms with Crippen LogP contribution in [0.25, 0.3) is 11.0 Å². The minimum Gasteiger partial charge on any atom is -0.459 e. The molecule has 2 aromatic carbocycles. The molecule has 1 heterocycles. The zero-order valence-corrected chi connectivity index (χ0v) is 14.2. The van der Waals surface area contributed by atoms with Crippen molar-refractivity contribution in [3.63, 3.8) is 0 Å². The van der Waals surface area contributed by atoms with Crippen LogP contribution in [0.2, 0.25) is 0 Å². The summed E-state index contributed by atoms with van der Waals surface area (Å²) in [4.78, 5) is 12.4. The van der Waals surface area contributed by atoms with Crippen molar-refractivity contribution in [2.45, 2.75) is 32.7 Å². The Bertz CT molecular complexity index is 772. The van der Waals surface area contributed by atoms with Gasteiger partial charge in [0.1, 0.15) is 17.4 Å². The van der Waals surface area contributed by atoms with Gasteiger partial charge in [-0.3, -0.25) is 4.79 Å². The van der Waals surface area contributed by atoms with Gasteiger partial charge in [0.25, 0.3) is 0 Å². The smallest absolute Gasteiger partial charge is 0.220 e. The monoisotopic (exact) mass is 321 g/mol. The summed E-state index contributed by atoms with van der Waals surface area (Å²) in [6, 6.07) is 19.6. The highest BCUT2D eigenvalue weighted by Crippen LogP contribution is 2.28. The van der Waals surface area contributed by atoms with E-state index in [2.05, 4.69) is 19.2 Å². The van der Waals surface area contributed by atoms with Crippen molar-refractivity contribution in [1.82, 2.24) is 5.32 Å². The van der Waals surface area contributed by atoms with Crippen molar-refractivity contribution in [1.29, 1.82) is 0 Å². The van der Waals surface area contributed by atoms with Crippen LogP contribution in [-0.4, -0.2) is 5.91 Å². The molecule has 0 fully saturated rings. The Hall–Kier alpha value is -2.55. The standard InChI is InChI=1S/C21H23NO2/c1-15(2)12-13-20(23)22-21(16-8-4-3-5-9-16)19-14-17-10-6-7-11-18(17)24-19/h3-11,14-15,21H,12-13H2,1-2H3,(H,22,23)/t21-/m1/s1. The highest BCUT2D eigenvalue weighted by molar-refractivity contribution is 5.79. The average Bonchev–Trinajstić information content (AvgIpc) is 3.02. The molecule has 3 nitrogen and oxygen atoms in total. The SMILES string of the molecule is CC(C)CCC(=O)N[C@H](c1ccccc1)c1cc2ccccc2o1. The van der Waals surface area contributed by atoms with Crippen LogP contribution in [0.3, 0.4) is 0 Å². The van der Waals surface area contributed by atoms with Crippen LogP contribution in [0.1, 0.15) is 44.1 Å². The summed E-state index contributed by atoms with van der Waals surface area (Å²) in [5.41, 5.74) is 1.86. The van der Waals surface area contributed by atoms with Crippen LogP contribution in [0.4, 0.5) is 0 Å². The fraction of sp³-hybridized carbons (Fsp3) is 0.286. The fourth-order valence-electron chi connectivity index (χ4n) is 2.76. The second-order valence-electron chi connectivity index (χ2n) is 6.53. The van der Waals surface area contributed by atoms with Crippen molar-refractivity contribution in [2.75, 3.05) is 0 Å². The number of para-hydroxylation sites is 1. The Kier molecular flexibility index (Phi) is 4.99. The number of nitrogens with one attached hydrogen (secondary N) is 1. The minimum atomic E-state index is -0.265. The Morgan fingerprint density at radius 1 is 1.04 bits per heavy atom. The number of furan rings is 1. The van der Waals surface area contributed by atoms with Crippen LogP contribution in [0, 0.1) is 5.92 Å². The van der Waals surface area contributed by atoms with Crippen LogP contribution in [0.15, 0.2) is 65.1 Å². The molecule has 3 rings (SSSR count). The van der Waals surface area contributed by atoms with Gasteiger partial charge in [-0.15, -0.1) is 0 Å². The Morgan fingerprint density at radius 3 is 2.46 bits per heavy atom. The number of benzene rings is 2. The molecule has 24 heavy (non-hydrogen) atoms. The van der Waals surface area contributed by atoms with Gasteiger partial charge in [0.15, 0.2) is 0 Å². The normalized spacial score (nSPS) is 12.5. The maximum absolute atomic E-state index is 12.4. The summed E-state index contributed by atoms with van der Waals surface area (Å²) >= 11 is 0. The average molecular weight is 321 g/mol. The van der Waals surface area contributed by atoms with Crippen molar-refractivity contribution < 1.29 is 9.21 Å². The van der Waals surface area contributed by atoms with Crippen LogP contribution in [-0.2, 0) is 4.79 Å². The number of hydrogen-bond donors (Lipinski definition) is 1. The first-order valence-corrected chi connectivity index (χ1v) is 8.46. The van der Waals surface area contributed by atoms with Gasteiger partial charge >= 0.3 is 0 Å². The quantitative estimate of drug-likeness (QED) is 0.688. The predicted molar refractivity (Wildman–Crippen MR) is 96.7 cm³/mol. The molecule has 0 saturated carbocycles. The summed E-state index contributed by atoms with van der Waals surface area (Å²) in [6.07, 6.45) is 1.41. The van der Waals surface area contributed by atoms with Gasteiger partial charge in [-0.25, -0.2) is 0 Å². The molecule has 0 unspecified atom stereocenters. The fourth-order valence-corrected chi connectivity index (χ4v) is 2.76. The number of hydrogen-bond acceptors (Lipinski definition) is 2. The third kappa shape index (κ3) is 3.85. The zero-order chi connectivity index (χ0) is 16.9. The first kappa shape index (κ1) is 16.3. The first-order valence-electron chi connectivity index (χ1n) is 8.46. The number of rotatable bonds is 6. The number of carbonyl (C=O) groups excluding carboxylic acids is 1. The van der Waals surface area contributed by atoms with Gasteiger partial charge in [-0.1, -0.05) is 62.4 Å². The van der Waals surface area contributed by atoms with E-state index in [0.29, 0.717) is 12.3 Å². The van der Waals surface area contributed by atoms with Gasteiger partial charge < -0.3 is 9.73 Å². The lowest BCUT2D eigenvalue weighted by molar-refractivity contribution is -0.122. The van der Waals surface area contributed by atoms with E-state index in [1.165, 1.54) is 0 Å². The van der Waals surface area contributed by atoms with E-state index in [0.717, 1.165) is 28.7 Å². The Labute approximate surface area is 142 Å². The molecule has 1 atom stereocenters. The lowest BCUT2D eigenvalue weighted by Gasteiger charge is -2.17. The molecule has 3 heteroatoms. The topological polar surface area (TPSA) is 42.2 Å². The van der Waals surface area contributed by atoms with Gasteiger partial charge in [-0.05, 0) is 30.0 Å². The van der Waals surface area contributed by atoms with E-state index < -0.39 is 0 Å². The Morgan fingerprint density at radius 2 is 1.75 bits per heavy atom. The maximum atomic E-state index is 12.4. The summed E-state index contributed by atoms with van der Waals surface area (Å²) < 4.78 is 6.00. The molecule has 0 spiro atoms. The van der Waals surface area contributed by atoms with Gasteiger partial charge in [0.05, 0.1) is 0 Å². The second-order valence-corrected chi connectivity index (χ2v) is 6.53. The highest BCUT2D eigenvalue weighted by Gasteiger charge is 2.20. The molecular weight excluding hydrogens is 298 g/mol. The van der Waals surface area contributed by atoms with E-state index in [1.54, 1.807) is 0 Å². The van der Waals surface area contributed by atoms with Crippen LogP contribution in [0.5, 0.6) is 0 Å². The van der Waals surface area contributed by atoms with Gasteiger partial charge in [0.2, 0.25) is 5.91 Å². The van der Waals surface area contributed by atoms with E-state index in [9.17, 15) is 4.79 Å². The molecule has 1 N–H and O–H groups in total. The molecule has 0 aliphatic rings. The molecule has 1 amide bonds. The maximum Gasteiger partial charge on any atom is 0.220 e. The molecule has 0 bridgehead atoms. The molecule has 0 aliphatic carbocycles. The van der Waals surface area contributed by atoms with Crippen LogP contribution >= 0.6 is 0 Å². The van der Waals surface area contributed by atoms with Crippen molar-refractivity contribution in [2.24, 2.45) is 5.92 Å². The second kappa shape index (κ2) is 7.35. The van der Waals surface area contributed by atoms with E-state index in [-0.39, 0.29) is 11.9 Å². The van der Waals surface area contributed by atoms with E-state index >= 15 is 0 Å². The lowest BCUT2D eigenvalue weighted by atomic mass is 10.0. The summed E-state index contributed by atoms with van der Waals surface area (Å²) in [5.74, 6) is 1.33. The molecule has 3 aromatic rings. The third-order valence-corrected chi connectivity index (χ3v) is 4.12. The van der Waals surface area contributed by atoms with Gasteiger partial charge in [-0.2, -0.15) is 0 Å². The molecule has 1 aromatic heterocycles. The van der Waals surface area contributed by atoms with E-state index in [1.807, 2.05) is 60.7 Å².